The first-order valence-corrected chi connectivity index (χ1v) is 11.8. The van der Waals surface area contributed by atoms with Crippen LogP contribution in [-0.4, -0.2) is 44.7 Å². The minimum atomic E-state index is -3.42. The maximum Gasteiger partial charge on any atom is 0.223 e. The topological polar surface area (TPSA) is 63.7 Å². The number of carbonyl (C=O) groups excluding carboxylic acids is 1. The van der Waals surface area contributed by atoms with Gasteiger partial charge in [0, 0.05) is 24.4 Å². The van der Waals surface area contributed by atoms with Crippen molar-refractivity contribution in [2.75, 3.05) is 25.4 Å². The van der Waals surface area contributed by atoms with Crippen LogP contribution in [0.1, 0.15) is 29.7 Å². The Kier molecular flexibility index (Phi) is 5.09. The number of amides is 1. The van der Waals surface area contributed by atoms with Gasteiger partial charge in [-0.05, 0) is 48.4 Å². The molecule has 1 saturated heterocycles. The maximum absolute atomic E-state index is 12.6. The van der Waals surface area contributed by atoms with Gasteiger partial charge in [0.05, 0.1) is 17.3 Å². The van der Waals surface area contributed by atoms with Crippen molar-refractivity contribution >= 4 is 27.1 Å². The van der Waals surface area contributed by atoms with Crippen LogP contribution in [0.3, 0.4) is 0 Å². The summed E-state index contributed by atoms with van der Waals surface area (Å²) in [4.78, 5) is 15.9. The van der Waals surface area contributed by atoms with Crippen molar-refractivity contribution in [3.63, 3.8) is 0 Å². The molecule has 1 amide bonds. The number of piperidine rings is 1. The summed E-state index contributed by atoms with van der Waals surface area (Å²) < 4.78 is 30.9. The fraction of sp³-hybridized carbons (Fsp3) is 0.450. The first-order chi connectivity index (χ1) is 13.0. The van der Waals surface area contributed by atoms with Crippen LogP contribution in [0.4, 0.5) is 0 Å². The third-order valence-corrected chi connectivity index (χ3v) is 8.40. The summed E-state index contributed by atoms with van der Waals surface area (Å²) >= 11 is 1.74. The van der Waals surface area contributed by atoms with Crippen LogP contribution < -0.4 is 0 Å². The molecule has 1 aromatic carbocycles. The number of benzene rings is 1. The summed E-state index contributed by atoms with van der Waals surface area (Å²) in [5.74, 6) is -0.241. The van der Waals surface area contributed by atoms with E-state index in [1.807, 2.05) is 0 Å². The molecule has 5 nitrogen and oxygen atoms in total. The number of sulfone groups is 1. The van der Waals surface area contributed by atoms with Crippen LogP contribution in [0.25, 0.3) is 0 Å². The van der Waals surface area contributed by atoms with Crippen molar-refractivity contribution in [3.05, 3.63) is 52.2 Å². The van der Waals surface area contributed by atoms with Gasteiger partial charge in [-0.3, -0.25) is 4.79 Å². The molecule has 0 aliphatic carbocycles. The van der Waals surface area contributed by atoms with Crippen LogP contribution in [0.2, 0.25) is 0 Å². The standard InChI is InChI=1S/C20H23NO4S2/c22-18(8-15-27(23,24)17-4-2-1-3-5-17)21-11-9-20(10-12-21)19-16(6-13-25-20)7-14-26-19/h1-5,7,14H,6,8-13,15H2. The van der Waals surface area contributed by atoms with Crippen LogP contribution >= 0.6 is 11.3 Å². The lowest BCUT2D eigenvalue weighted by Gasteiger charge is -2.43. The monoisotopic (exact) mass is 405 g/mol. The summed E-state index contributed by atoms with van der Waals surface area (Å²) in [6, 6.07) is 10.5. The lowest BCUT2D eigenvalue weighted by atomic mass is 9.85. The largest absolute Gasteiger partial charge is 0.369 e. The number of nitrogens with zero attached hydrogens (tertiary/aromatic N) is 1. The van der Waals surface area contributed by atoms with Crippen molar-refractivity contribution in [2.24, 2.45) is 0 Å². The molecule has 4 rings (SSSR count). The van der Waals surface area contributed by atoms with Gasteiger partial charge >= 0.3 is 0 Å². The van der Waals surface area contributed by atoms with E-state index in [4.69, 9.17) is 4.74 Å². The molecule has 27 heavy (non-hydrogen) atoms. The van der Waals surface area contributed by atoms with E-state index in [1.165, 1.54) is 10.4 Å². The normalized spacial score (nSPS) is 19.0. The van der Waals surface area contributed by atoms with E-state index in [2.05, 4.69) is 11.4 Å². The van der Waals surface area contributed by atoms with Crippen molar-refractivity contribution in [1.82, 2.24) is 4.90 Å². The number of likely N-dealkylation sites (tertiary alicyclic amines) is 1. The highest BCUT2D eigenvalue weighted by molar-refractivity contribution is 7.91. The highest BCUT2D eigenvalue weighted by Crippen LogP contribution is 2.44. The summed E-state index contributed by atoms with van der Waals surface area (Å²) in [7, 11) is -3.42. The SMILES string of the molecule is O=C(CCS(=O)(=O)c1ccccc1)N1CCC2(CC1)OCCc1ccsc12. The molecule has 0 unspecified atom stereocenters. The molecule has 2 aliphatic rings. The summed E-state index contributed by atoms with van der Waals surface area (Å²) in [6.07, 6.45) is 2.53. The number of ether oxygens (including phenoxy) is 1. The van der Waals surface area contributed by atoms with Crippen LogP contribution in [-0.2, 0) is 31.4 Å². The van der Waals surface area contributed by atoms with Crippen LogP contribution in [0.15, 0.2) is 46.7 Å². The molecule has 0 atom stereocenters. The smallest absolute Gasteiger partial charge is 0.223 e. The first-order valence-electron chi connectivity index (χ1n) is 9.27. The van der Waals surface area contributed by atoms with Gasteiger partial charge in [-0.15, -0.1) is 11.3 Å². The Morgan fingerprint density at radius 1 is 1.15 bits per heavy atom. The van der Waals surface area contributed by atoms with Gasteiger partial charge in [0.1, 0.15) is 5.60 Å². The molecule has 3 heterocycles. The molecular formula is C20H23NO4S2. The van der Waals surface area contributed by atoms with Crippen molar-refractivity contribution in [2.45, 2.75) is 36.2 Å². The average molecular weight is 406 g/mol. The van der Waals surface area contributed by atoms with Gasteiger partial charge in [-0.2, -0.15) is 0 Å². The zero-order valence-electron chi connectivity index (χ0n) is 15.1. The second-order valence-corrected chi connectivity index (χ2v) is 10.2. The number of carbonyl (C=O) groups is 1. The van der Waals surface area contributed by atoms with Crippen LogP contribution in [0.5, 0.6) is 0 Å². The Balaban J connectivity index is 1.36. The Morgan fingerprint density at radius 2 is 1.89 bits per heavy atom. The predicted molar refractivity (Wildman–Crippen MR) is 105 cm³/mol. The van der Waals surface area contributed by atoms with Crippen molar-refractivity contribution in [3.8, 4) is 0 Å². The van der Waals surface area contributed by atoms with Gasteiger partial charge in [0.15, 0.2) is 9.84 Å². The lowest BCUT2D eigenvalue weighted by Crippen LogP contribution is -2.48. The molecule has 0 saturated carbocycles. The Hall–Kier alpha value is -1.70. The third-order valence-electron chi connectivity index (χ3n) is 5.52. The molecule has 7 heteroatoms. The molecule has 2 aromatic rings. The number of hydrogen-bond donors (Lipinski definition) is 0. The highest BCUT2D eigenvalue weighted by Gasteiger charge is 2.42. The molecular weight excluding hydrogens is 382 g/mol. The molecule has 2 aliphatic heterocycles. The molecule has 1 aromatic heterocycles. The van der Waals surface area contributed by atoms with Crippen molar-refractivity contribution in [1.29, 1.82) is 0 Å². The summed E-state index contributed by atoms with van der Waals surface area (Å²) in [6.45, 7) is 1.95. The van der Waals surface area contributed by atoms with E-state index in [9.17, 15) is 13.2 Å². The number of fused-ring (bicyclic) bond motifs is 2. The van der Waals surface area contributed by atoms with Gasteiger partial charge < -0.3 is 9.64 Å². The Labute approximate surface area is 163 Å². The van der Waals surface area contributed by atoms with Crippen LogP contribution in [0, 0.1) is 0 Å². The minimum Gasteiger partial charge on any atom is -0.369 e. The second kappa shape index (κ2) is 7.37. The zero-order valence-corrected chi connectivity index (χ0v) is 16.7. The van der Waals surface area contributed by atoms with Gasteiger partial charge in [-0.1, -0.05) is 18.2 Å². The van der Waals surface area contributed by atoms with Gasteiger partial charge in [0.2, 0.25) is 5.91 Å². The minimum absolute atomic E-state index is 0.0232. The van der Waals surface area contributed by atoms with E-state index in [0.29, 0.717) is 13.1 Å². The molecule has 144 valence electrons. The average Bonchev–Trinajstić information content (AvgIpc) is 3.18. The summed E-state index contributed by atoms with van der Waals surface area (Å²) in [5.41, 5.74) is 1.12. The molecule has 0 bridgehead atoms. The van der Waals surface area contributed by atoms with Gasteiger partial charge in [0.25, 0.3) is 0 Å². The fourth-order valence-electron chi connectivity index (χ4n) is 3.97. The summed E-state index contributed by atoms with van der Waals surface area (Å²) in [5, 5.41) is 2.12. The molecule has 0 N–H and O–H groups in total. The Morgan fingerprint density at radius 3 is 2.63 bits per heavy atom. The molecule has 0 radical (unpaired) electrons. The maximum atomic E-state index is 12.6. The Bertz CT molecular complexity index is 912. The van der Waals surface area contributed by atoms with E-state index >= 15 is 0 Å². The van der Waals surface area contributed by atoms with E-state index in [1.54, 1.807) is 46.6 Å². The lowest BCUT2D eigenvalue weighted by molar-refractivity contribution is -0.139. The van der Waals surface area contributed by atoms with E-state index < -0.39 is 9.84 Å². The third kappa shape index (κ3) is 3.68. The number of hydrogen-bond acceptors (Lipinski definition) is 5. The zero-order chi connectivity index (χ0) is 18.9. The van der Waals surface area contributed by atoms with E-state index in [0.717, 1.165) is 25.9 Å². The number of thiophene rings is 1. The number of rotatable bonds is 4. The fourth-order valence-corrected chi connectivity index (χ4v) is 6.39. The van der Waals surface area contributed by atoms with E-state index in [-0.39, 0.29) is 28.6 Å². The quantitative estimate of drug-likeness (QED) is 0.784. The molecule has 1 spiro atoms. The first kappa shape index (κ1) is 18.7. The molecule has 1 fully saturated rings. The van der Waals surface area contributed by atoms with Crippen molar-refractivity contribution < 1.29 is 17.9 Å². The van der Waals surface area contributed by atoms with Gasteiger partial charge in [-0.25, -0.2) is 8.42 Å². The predicted octanol–water partition coefficient (Wildman–Crippen LogP) is 3.00. The highest BCUT2D eigenvalue weighted by atomic mass is 32.2. The second-order valence-electron chi connectivity index (χ2n) is 7.13.